The van der Waals surface area contributed by atoms with Crippen LogP contribution in [0.15, 0.2) is 77.6 Å². The van der Waals surface area contributed by atoms with E-state index in [9.17, 15) is 9.18 Å². The number of hydrogen-bond acceptors (Lipinski definition) is 1. The lowest BCUT2D eigenvalue weighted by atomic mass is 10.0. The van der Waals surface area contributed by atoms with Crippen molar-refractivity contribution in [2.24, 2.45) is 0 Å². The number of halogens is 1. The summed E-state index contributed by atoms with van der Waals surface area (Å²) in [6, 6.07) is 21.9. The van der Waals surface area contributed by atoms with Gasteiger partial charge in [0.1, 0.15) is 5.82 Å². The zero-order valence-corrected chi connectivity index (χ0v) is 13.2. The number of rotatable bonds is 1. The van der Waals surface area contributed by atoms with Crippen LogP contribution in [0.5, 0.6) is 0 Å². The van der Waals surface area contributed by atoms with Gasteiger partial charge in [-0.3, -0.25) is 4.40 Å². The average molecular weight is 328 g/mol. The van der Waals surface area contributed by atoms with E-state index >= 15 is 0 Å². The van der Waals surface area contributed by atoms with Crippen LogP contribution in [0.4, 0.5) is 4.39 Å². The summed E-state index contributed by atoms with van der Waals surface area (Å²) >= 11 is 0. The smallest absolute Gasteiger partial charge is 0.307 e. The highest BCUT2D eigenvalue weighted by Gasteiger charge is 2.17. The fourth-order valence-electron chi connectivity index (χ4n) is 3.58. The van der Waals surface area contributed by atoms with Crippen molar-refractivity contribution in [2.75, 3.05) is 0 Å². The number of aromatic amines is 1. The monoisotopic (exact) mass is 328 g/mol. The Morgan fingerprint density at radius 3 is 2.28 bits per heavy atom. The summed E-state index contributed by atoms with van der Waals surface area (Å²) in [5, 5.41) is 1.92. The van der Waals surface area contributed by atoms with Crippen molar-refractivity contribution in [2.45, 2.75) is 0 Å². The molecule has 4 heteroatoms. The summed E-state index contributed by atoms with van der Waals surface area (Å²) in [5.74, 6) is -0.278. The number of nitrogens with one attached hydrogen (secondary N) is 1. The highest BCUT2D eigenvalue weighted by molar-refractivity contribution is 6.13. The molecule has 2 heterocycles. The van der Waals surface area contributed by atoms with Gasteiger partial charge in [-0.25, -0.2) is 9.18 Å². The summed E-state index contributed by atoms with van der Waals surface area (Å²) in [7, 11) is 0. The van der Waals surface area contributed by atoms with Crippen molar-refractivity contribution in [1.29, 1.82) is 0 Å². The van der Waals surface area contributed by atoms with Crippen molar-refractivity contribution < 1.29 is 4.39 Å². The molecule has 120 valence electrons. The molecule has 1 N–H and O–H groups in total. The average Bonchev–Trinajstić information content (AvgIpc) is 2.99. The fourth-order valence-corrected chi connectivity index (χ4v) is 3.58. The Hall–Kier alpha value is -3.40. The minimum Gasteiger partial charge on any atom is -0.307 e. The molecule has 0 saturated heterocycles. The van der Waals surface area contributed by atoms with Crippen molar-refractivity contribution in [3.05, 3.63) is 89.1 Å². The third kappa shape index (κ3) is 1.94. The van der Waals surface area contributed by atoms with Gasteiger partial charge in [0, 0.05) is 16.3 Å². The van der Waals surface area contributed by atoms with E-state index < -0.39 is 0 Å². The molecule has 25 heavy (non-hydrogen) atoms. The second-order valence-corrected chi connectivity index (χ2v) is 6.06. The Bertz CT molecular complexity index is 1310. The number of benzene rings is 3. The van der Waals surface area contributed by atoms with Gasteiger partial charge in [0.2, 0.25) is 0 Å². The Morgan fingerprint density at radius 2 is 1.48 bits per heavy atom. The van der Waals surface area contributed by atoms with E-state index in [4.69, 9.17) is 0 Å². The predicted molar refractivity (Wildman–Crippen MR) is 98.4 cm³/mol. The fraction of sp³-hybridized carbons (Fsp3) is 0. The number of para-hydroxylation sites is 2. The minimum absolute atomic E-state index is 0.182. The predicted octanol–water partition coefficient (Wildman–Crippen LogP) is 4.74. The number of H-pyrrole nitrogens is 1. The van der Waals surface area contributed by atoms with Crippen molar-refractivity contribution in [3.8, 4) is 11.1 Å². The molecular formula is C21H13FN2O. The first-order chi connectivity index (χ1) is 12.2. The molecule has 0 saturated carbocycles. The van der Waals surface area contributed by atoms with Gasteiger partial charge in [-0.1, -0.05) is 48.5 Å². The van der Waals surface area contributed by atoms with Gasteiger partial charge in [-0.15, -0.1) is 0 Å². The Morgan fingerprint density at radius 1 is 0.800 bits per heavy atom. The molecule has 3 nitrogen and oxygen atoms in total. The standard InChI is InChI=1S/C21H13FN2O/c22-14-11-9-13(10-12-14)19-16-6-2-4-8-18(16)24-20(19)15-5-1-3-7-17(15)23-21(24)25/h1-12H,(H,23,25). The van der Waals surface area contributed by atoms with Crippen LogP contribution in [0.2, 0.25) is 0 Å². The van der Waals surface area contributed by atoms with E-state index in [2.05, 4.69) is 4.98 Å². The normalized spacial score (nSPS) is 11.6. The van der Waals surface area contributed by atoms with Gasteiger partial charge in [0.25, 0.3) is 0 Å². The van der Waals surface area contributed by atoms with Crippen molar-refractivity contribution in [1.82, 2.24) is 9.38 Å². The zero-order chi connectivity index (χ0) is 17.0. The molecule has 0 bridgehead atoms. The molecule has 5 aromatic rings. The van der Waals surface area contributed by atoms with Gasteiger partial charge in [0.15, 0.2) is 0 Å². The first kappa shape index (κ1) is 14.0. The summed E-state index contributed by atoms with van der Waals surface area (Å²) in [6.45, 7) is 0. The van der Waals surface area contributed by atoms with Crippen LogP contribution in [0.25, 0.3) is 38.4 Å². The Balaban J connectivity index is 2.11. The molecular weight excluding hydrogens is 315 g/mol. The third-order valence-corrected chi connectivity index (χ3v) is 4.63. The molecule has 0 amide bonds. The summed E-state index contributed by atoms with van der Waals surface area (Å²) in [6.07, 6.45) is 0. The third-order valence-electron chi connectivity index (χ3n) is 4.63. The second-order valence-electron chi connectivity index (χ2n) is 6.06. The topological polar surface area (TPSA) is 37.3 Å². The molecule has 0 spiro atoms. The largest absolute Gasteiger partial charge is 0.331 e. The highest BCUT2D eigenvalue weighted by atomic mass is 19.1. The lowest BCUT2D eigenvalue weighted by molar-refractivity contribution is 0.628. The molecule has 0 aliphatic heterocycles. The first-order valence-corrected chi connectivity index (χ1v) is 8.04. The van der Waals surface area contributed by atoms with Crippen LogP contribution < -0.4 is 5.69 Å². The van der Waals surface area contributed by atoms with Crippen LogP contribution in [0.1, 0.15) is 0 Å². The highest BCUT2D eigenvalue weighted by Crippen LogP contribution is 2.37. The van der Waals surface area contributed by atoms with Gasteiger partial charge in [0.05, 0.1) is 16.6 Å². The van der Waals surface area contributed by atoms with Crippen LogP contribution in [0, 0.1) is 5.82 Å². The number of fused-ring (bicyclic) bond motifs is 5. The zero-order valence-electron chi connectivity index (χ0n) is 13.2. The van der Waals surface area contributed by atoms with E-state index in [1.807, 2.05) is 48.5 Å². The van der Waals surface area contributed by atoms with Crippen LogP contribution in [0.3, 0.4) is 0 Å². The second kappa shape index (κ2) is 5.05. The van der Waals surface area contributed by atoms with Crippen molar-refractivity contribution in [3.63, 3.8) is 0 Å². The first-order valence-electron chi connectivity index (χ1n) is 8.04. The van der Waals surface area contributed by atoms with Crippen LogP contribution >= 0.6 is 0 Å². The quantitative estimate of drug-likeness (QED) is 0.474. The van der Waals surface area contributed by atoms with E-state index in [0.717, 1.165) is 38.4 Å². The van der Waals surface area contributed by atoms with Gasteiger partial charge < -0.3 is 4.98 Å². The molecule has 5 rings (SSSR count). The van der Waals surface area contributed by atoms with E-state index in [-0.39, 0.29) is 11.5 Å². The number of hydrogen-bond donors (Lipinski definition) is 1. The van der Waals surface area contributed by atoms with Crippen molar-refractivity contribution >= 4 is 27.3 Å². The molecule has 0 aliphatic carbocycles. The van der Waals surface area contributed by atoms with Gasteiger partial charge in [-0.2, -0.15) is 0 Å². The SMILES string of the molecule is O=c1[nH]c2ccccc2c2c(-c3ccc(F)cc3)c3ccccc3n12. The van der Waals surface area contributed by atoms with Crippen LogP contribution in [-0.2, 0) is 0 Å². The molecule has 3 aromatic carbocycles. The van der Waals surface area contributed by atoms with E-state index in [0.29, 0.717) is 0 Å². The summed E-state index contributed by atoms with van der Waals surface area (Å²) < 4.78 is 15.1. The summed E-state index contributed by atoms with van der Waals surface area (Å²) in [5.41, 5.74) is 4.11. The molecule has 0 unspecified atom stereocenters. The lowest BCUT2D eigenvalue weighted by Crippen LogP contribution is -2.15. The molecule has 0 fully saturated rings. The maximum atomic E-state index is 13.4. The summed E-state index contributed by atoms with van der Waals surface area (Å²) in [4.78, 5) is 15.7. The number of aromatic nitrogens is 2. The lowest BCUT2D eigenvalue weighted by Gasteiger charge is -2.05. The maximum Gasteiger partial charge on any atom is 0.331 e. The minimum atomic E-state index is -0.278. The molecule has 0 atom stereocenters. The Labute approximate surface area is 142 Å². The van der Waals surface area contributed by atoms with Gasteiger partial charge in [-0.05, 0) is 29.8 Å². The maximum absolute atomic E-state index is 13.4. The van der Waals surface area contributed by atoms with E-state index in [1.54, 1.807) is 16.5 Å². The number of nitrogens with zero attached hydrogens (tertiary/aromatic N) is 1. The molecule has 0 radical (unpaired) electrons. The Kier molecular flexibility index (Phi) is 2.82. The van der Waals surface area contributed by atoms with Gasteiger partial charge >= 0.3 is 5.69 Å². The molecule has 0 aliphatic rings. The molecule has 2 aromatic heterocycles. The van der Waals surface area contributed by atoms with E-state index in [1.165, 1.54) is 12.1 Å². The van der Waals surface area contributed by atoms with Crippen LogP contribution in [-0.4, -0.2) is 9.38 Å².